The molecule has 2 rings (SSSR count). The molecule has 0 spiro atoms. The molecular weight excluding hydrogens is 284 g/mol. The van der Waals surface area contributed by atoms with Crippen molar-refractivity contribution in [3.63, 3.8) is 0 Å². The number of anilines is 1. The van der Waals surface area contributed by atoms with E-state index >= 15 is 0 Å². The van der Waals surface area contributed by atoms with E-state index in [0.717, 1.165) is 11.1 Å². The van der Waals surface area contributed by atoms with Crippen LogP contribution < -0.4 is 11.1 Å². The first-order chi connectivity index (χ1) is 10.1. The van der Waals surface area contributed by atoms with Crippen LogP contribution in [0.25, 0.3) is 0 Å². The number of rotatable bonds is 5. The highest BCUT2D eigenvalue weighted by molar-refractivity contribution is 6.33. The third kappa shape index (κ3) is 4.59. The van der Waals surface area contributed by atoms with Crippen LogP contribution in [0.1, 0.15) is 30.0 Å². The number of halogens is 1. The van der Waals surface area contributed by atoms with E-state index in [9.17, 15) is 4.79 Å². The molecule has 2 aromatic rings. The number of nitrogens with two attached hydrogens (primary N) is 1. The molecule has 0 aliphatic carbocycles. The van der Waals surface area contributed by atoms with Gasteiger partial charge in [-0.1, -0.05) is 48.0 Å². The molecule has 0 aliphatic heterocycles. The van der Waals surface area contributed by atoms with Crippen molar-refractivity contribution in [2.45, 2.75) is 25.8 Å². The lowest BCUT2D eigenvalue weighted by Gasteiger charge is -2.12. The summed E-state index contributed by atoms with van der Waals surface area (Å²) in [6.45, 7) is 1.95. The SMILES string of the molecule is Cc1ccc(NC(=O)CCC(N)c2ccccc2)c(Cl)c1. The maximum atomic E-state index is 12.0. The highest BCUT2D eigenvalue weighted by atomic mass is 35.5. The summed E-state index contributed by atoms with van der Waals surface area (Å²) >= 11 is 6.09. The number of aryl methyl sites for hydroxylation is 1. The second kappa shape index (κ2) is 7.25. The van der Waals surface area contributed by atoms with Crippen LogP contribution in [-0.2, 0) is 4.79 Å². The Bertz CT molecular complexity index is 613. The standard InChI is InChI=1S/C17H19ClN2O/c1-12-7-9-16(14(18)11-12)20-17(21)10-8-15(19)13-5-3-2-4-6-13/h2-7,9,11,15H,8,10,19H2,1H3,(H,20,21). The molecule has 0 saturated carbocycles. The number of nitrogens with one attached hydrogen (secondary N) is 1. The Kier molecular flexibility index (Phi) is 5.37. The highest BCUT2D eigenvalue weighted by Crippen LogP contribution is 2.23. The van der Waals surface area contributed by atoms with Gasteiger partial charge >= 0.3 is 0 Å². The van der Waals surface area contributed by atoms with Gasteiger partial charge in [-0.25, -0.2) is 0 Å². The highest BCUT2D eigenvalue weighted by Gasteiger charge is 2.10. The molecule has 1 atom stereocenters. The average molecular weight is 303 g/mol. The van der Waals surface area contributed by atoms with Gasteiger partial charge < -0.3 is 11.1 Å². The summed E-state index contributed by atoms with van der Waals surface area (Å²) in [5.74, 6) is -0.0767. The zero-order valence-corrected chi connectivity index (χ0v) is 12.7. The van der Waals surface area contributed by atoms with Crippen LogP contribution in [-0.4, -0.2) is 5.91 Å². The molecule has 0 heterocycles. The van der Waals surface area contributed by atoms with E-state index in [1.807, 2.05) is 55.5 Å². The summed E-state index contributed by atoms with van der Waals surface area (Å²) in [6, 6.07) is 15.2. The molecule has 21 heavy (non-hydrogen) atoms. The Balaban J connectivity index is 1.87. The molecule has 0 saturated heterocycles. The topological polar surface area (TPSA) is 55.1 Å². The Hall–Kier alpha value is -1.84. The van der Waals surface area contributed by atoms with Gasteiger partial charge in [-0.2, -0.15) is 0 Å². The minimum Gasteiger partial charge on any atom is -0.325 e. The van der Waals surface area contributed by atoms with Gasteiger partial charge in [-0.3, -0.25) is 4.79 Å². The van der Waals surface area contributed by atoms with Crippen LogP contribution in [0.5, 0.6) is 0 Å². The lowest BCUT2D eigenvalue weighted by atomic mass is 10.0. The monoisotopic (exact) mass is 302 g/mol. The largest absolute Gasteiger partial charge is 0.325 e. The van der Waals surface area contributed by atoms with Gasteiger partial charge in [-0.15, -0.1) is 0 Å². The van der Waals surface area contributed by atoms with Gasteiger partial charge in [0.05, 0.1) is 10.7 Å². The molecule has 0 radical (unpaired) electrons. The van der Waals surface area contributed by atoms with E-state index in [4.69, 9.17) is 17.3 Å². The van der Waals surface area contributed by atoms with Crippen molar-refractivity contribution in [1.29, 1.82) is 0 Å². The predicted molar refractivity (Wildman–Crippen MR) is 87.4 cm³/mol. The van der Waals surface area contributed by atoms with E-state index < -0.39 is 0 Å². The molecule has 4 heteroatoms. The third-order valence-corrected chi connectivity index (χ3v) is 3.62. The molecule has 3 N–H and O–H groups in total. The Morgan fingerprint density at radius 1 is 1.24 bits per heavy atom. The van der Waals surface area contributed by atoms with Crippen LogP contribution in [0.3, 0.4) is 0 Å². The minimum atomic E-state index is -0.134. The van der Waals surface area contributed by atoms with E-state index in [2.05, 4.69) is 5.32 Å². The number of amides is 1. The summed E-state index contributed by atoms with van der Waals surface area (Å²) in [7, 11) is 0. The van der Waals surface area contributed by atoms with Crippen LogP contribution in [0.2, 0.25) is 5.02 Å². The molecule has 110 valence electrons. The molecule has 1 unspecified atom stereocenters. The average Bonchev–Trinajstić information content (AvgIpc) is 2.48. The Morgan fingerprint density at radius 3 is 2.62 bits per heavy atom. The summed E-state index contributed by atoms with van der Waals surface area (Å²) in [5.41, 5.74) is 8.82. The van der Waals surface area contributed by atoms with Crippen molar-refractivity contribution >= 4 is 23.2 Å². The van der Waals surface area contributed by atoms with Crippen molar-refractivity contribution in [3.8, 4) is 0 Å². The Labute approximate surface area is 130 Å². The molecule has 0 aliphatic rings. The lowest BCUT2D eigenvalue weighted by Crippen LogP contribution is -2.16. The molecule has 1 amide bonds. The molecule has 0 bridgehead atoms. The first-order valence-electron chi connectivity index (χ1n) is 6.93. The van der Waals surface area contributed by atoms with Crippen LogP contribution in [0, 0.1) is 6.92 Å². The summed E-state index contributed by atoms with van der Waals surface area (Å²) in [6.07, 6.45) is 0.958. The van der Waals surface area contributed by atoms with Gasteiger partial charge in [0, 0.05) is 12.5 Å². The first-order valence-corrected chi connectivity index (χ1v) is 7.30. The maximum absolute atomic E-state index is 12.0. The smallest absolute Gasteiger partial charge is 0.224 e. The number of hydrogen-bond acceptors (Lipinski definition) is 2. The number of benzene rings is 2. The lowest BCUT2D eigenvalue weighted by molar-refractivity contribution is -0.116. The van der Waals surface area contributed by atoms with Gasteiger partial charge in [0.15, 0.2) is 0 Å². The molecule has 0 aromatic heterocycles. The van der Waals surface area contributed by atoms with Crippen molar-refractivity contribution in [3.05, 3.63) is 64.7 Å². The molecular formula is C17H19ClN2O. The van der Waals surface area contributed by atoms with Crippen molar-refractivity contribution in [2.75, 3.05) is 5.32 Å². The fourth-order valence-corrected chi connectivity index (χ4v) is 2.37. The van der Waals surface area contributed by atoms with E-state index in [0.29, 0.717) is 23.6 Å². The van der Waals surface area contributed by atoms with Crippen molar-refractivity contribution in [2.24, 2.45) is 5.73 Å². The van der Waals surface area contributed by atoms with Crippen LogP contribution in [0.15, 0.2) is 48.5 Å². The second-order valence-corrected chi connectivity index (χ2v) is 5.49. The summed E-state index contributed by atoms with van der Waals surface area (Å²) < 4.78 is 0. The number of carbonyl (C=O) groups excluding carboxylic acids is 1. The summed E-state index contributed by atoms with van der Waals surface area (Å²) in [5, 5.41) is 3.37. The quantitative estimate of drug-likeness (QED) is 0.875. The van der Waals surface area contributed by atoms with Crippen molar-refractivity contribution in [1.82, 2.24) is 0 Å². The van der Waals surface area contributed by atoms with E-state index in [1.54, 1.807) is 0 Å². The minimum absolute atomic E-state index is 0.0767. The number of hydrogen-bond donors (Lipinski definition) is 2. The first kappa shape index (κ1) is 15.5. The fourth-order valence-electron chi connectivity index (χ4n) is 2.09. The summed E-state index contributed by atoms with van der Waals surface area (Å²) in [4.78, 5) is 12.0. The van der Waals surface area contributed by atoms with Crippen LogP contribution in [0.4, 0.5) is 5.69 Å². The normalized spacial score (nSPS) is 12.0. The third-order valence-electron chi connectivity index (χ3n) is 3.31. The van der Waals surface area contributed by atoms with Crippen LogP contribution >= 0.6 is 11.6 Å². The zero-order valence-electron chi connectivity index (χ0n) is 12.0. The van der Waals surface area contributed by atoms with Crippen molar-refractivity contribution < 1.29 is 4.79 Å². The van der Waals surface area contributed by atoms with E-state index in [-0.39, 0.29) is 11.9 Å². The molecule has 3 nitrogen and oxygen atoms in total. The zero-order chi connectivity index (χ0) is 15.2. The maximum Gasteiger partial charge on any atom is 0.224 e. The predicted octanol–water partition coefficient (Wildman–Crippen LogP) is 4.07. The van der Waals surface area contributed by atoms with Gasteiger partial charge in [0.25, 0.3) is 0 Å². The Morgan fingerprint density at radius 2 is 1.95 bits per heavy atom. The van der Waals surface area contributed by atoms with E-state index in [1.165, 1.54) is 0 Å². The number of carbonyl (C=O) groups is 1. The second-order valence-electron chi connectivity index (χ2n) is 5.09. The van der Waals surface area contributed by atoms with Gasteiger partial charge in [0.1, 0.15) is 0 Å². The fraction of sp³-hybridized carbons (Fsp3) is 0.235. The van der Waals surface area contributed by atoms with Gasteiger partial charge in [0.2, 0.25) is 5.91 Å². The molecule has 0 fully saturated rings. The molecule has 2 aromatic carbocycles. The van der Waals surface area contributed by atoms with Gasteiger partial charge in [-0.05, 0) is 36.6 Å².